The van der Waals surface area contributed by atoms with E-state index in [0.29, 0.717) is 11.6 Å². The molecule has 0 aliphatic heterocycles. The summed E-state index contributed by atoms with van der Waals surface area (Å²) in [6.45, 7) is 6.10. The van der Waals surface area contributed by atoms with E-state index in [-0.39, 0.29) is 18.0 Å². The molecule has 22 heavy (non-hydrogen) atoms. The number of nitrogens with one attached hydrogen (secondary N) is 3. The predicted octanol–water partition coefficient (Wildman–Crippen LogP) is 1.91. The van der Waals surface area contributed by atoms with Crippen LogP contribution in [0.25, 0.3) is 0 Å². The minimum Gasteiger partial charge on any atom is -0.481 e. The smallest absolute Gasteiger partial charge is 0.264 e. The lowest BCUT2D eigenvalue weighted by Gasteiger charge is -2.18. The van der Waals surface area contributed by atoms with Gasteiger partial charge in [0.2, 0.25) is 0 Å². The molecule has 0 spiro atoms. The fraction of sp³-hybridized carbons (Fsp3) is 0.375. The van der Waals surface area contributed by atoms with Crippen molar-refractivity contribution in [3.05, 3.63) is 51.9 Å². The Hall–Kier alpha value is -2.50. The van der Waals surface area contributed by atoms with Gasteiger partial charge in [0, 0.05) is 6.07 Å². The Morgan fingerprint density at radius 1 is 1.23 bits per heavy atom. The summed E-state index contributed by atoms with van der Waals surface area (Å²) in [7, 11) is 0. The fourth-order valence-electron chi connectivity index (χ4n) is 2.10. The second kappa shape index (κ2) is 6.98. The largest absolute Gasteiger partial charge is 0.481 e. The van der Waals surface area contributed by atoms with Gasteiger partial charge in [-0.2, -0.15) is 0 Å². The van der Waals surface area contributed by atoms with Crippen LogP contribution in [0.5, 0.6) is 5.75 Å². The maximum absolute atomic E-state index is 12.1. The predicted molar refractivity (Wildman–Crippen MR) is 83.9 cm³/mol. The molecular weight excluding hydrogens is 282 g/mol. The standard InChI is InChI=1S/C16H21N3O3/c1-10(2)13-6-4-5-7-14(13)22-11(3)16(21)17-9-12-8-15(20)19-18-12/h4-8,10-11H,9H2,1-3H3,(H,17,21)(H2,18,19,20). The Bertz CT molecular complexity index is 688. The van der Waals surface area contributed by atoms with Crippen LogP contribution in [0.15, 0.2) is 35.1 Å². The maximum Gasteiger partial charge on any atom is 0.264 e. The first-order valence-electron chi connectivity index (χ1n) is 7.27. The van der Waals surface area contributed by atoms with Gasteiger partial charge >= 0.3 is 0 Å². The highest BCUT2D eigenvalue weighted by atomic mass is 16.5. The van der Waals surface area contributed by atoms with Crippen LogP contribution in [0.3, 0.4) is 0 Å². The van der Waals surface area contributed by atoms with Crippen molar-refractivity contribution in [2.24, 2.45) is 0 Å². The third kappa shape index (κ3) is 4.00. The molecule has 1 aromatic carbocycles. The molecule has 0 saturated heterocycles. The number of benzene rings is 1. The zero-order chi connectivity index (χ0) is 16.1. The highest BCUT2D eigenvalue weighted by Crippen LogP contribution is 2.26. The van der Waals surface area contributed by atoms with E-state index in [9.17, 15) is 9.59 Å². The topological polar surface area (TPSA) is 87.0 Å². The highest BCUT2D eigenvalue weighted by molar-refractivity contribution is 5.80. The monoisotopic (exact) mass is 303 g/mol. The SMILES string of the molecule is CC(Oc1ccccc1C(C)C)C(=O)NCc1cc(=O)[nH][nH]1. The van der Waals surface area contributed by atoms with Crippen LogP contribution in [0.1, 0.15) is 37.9 Å². The lowest BCUT2D eigenvalue weighted by Crippen LogP contribution is -2.36. The average molecular weight is 303 g/mol. The number of aromatic amines is 2. The third-order valence-electron chi connectivity index (χ3n) is 3.32. The summed E-state index contributed by atoms with van der Waals surface area (Å²) in [5, 5.41) is 7.83. The minimum absolute atomic E-state index is 0.223. The number of carbonyl (C=O) groups is 1. The van der Waals surface area contributed by atoms with Crippen molar-refractivity contribution in [1.82, 2.24) is 15.5 Å². The first kappa shape index (κ1) is 15.9. The molecule has 1 unspecified atom stereocenters. The Morgan fingerprint density at radius 2 is 1.95 bits per heavy atom. The van der Waals surface area contributed by atoms with E-state index < -0.39 is 6.10 Å². The van der Waals surface area contributed by atoms with Gasteiger partial charge in [0.15, 0.2) is 6.10 Å². The Labute approximate surface area is 128 Å². The number of hydrogen-bond donors (Lipinski definition) is 3. The summed E-state index contributed by atoms with van der Waals surface area (Å²) in [4.78, 5) is 23.1. The fourth-order valence-corrected chi connectivity index (χ4v) is 2.10. The molecule has 6 heteroatoms. The van der Waals surface area contributed by atoms with E-state index in [1.54, 1.807) is 6.92 Å². The van der Waals surface area contributed by atoms with E-state index in [2.05, 4.69) is 29.4 Å². The quantitative estimate of drug-likeness (QED) is 0.762. The molecule has 0 radical (unpaired) electrons. The van der Waals surface area contributed by atoms with Gasteiger partial charge in [-0.25, -0.2) is 0 Å². The molecule has 2 rings (SSSR count). The normalized spacial score (nSPS) is 12.2. The van der Waals surface area contributed by atoms with Gasteiger partial charge in [-0.05, 0) is 24.5 Å². The van der Waals surface area contributed by atoms with Crippen molar-refractivity contribution < 1.29 is 9.53 Å². The van der Waals surface area contributed by atoms with Crippen molar-refractivity contribution in [1.29, 1.82) is 0 Å². The molecule has 118 valence electrons. The van der Waals surface area contributed by atoms with Crippen molar-refractivity contribution in [3.8, 4) is 5.75 Å². The summed E-state index contributed by atoms with van der Waals surface area (Å²) < 4.78 is 5.77. The van der Waals surface area contributed by atoms with E-state index in [1.807, 2.05) is 24.3 Å². The van der Waals surface area contributed by atoms with Crippen molar-refractivity contribution in [2.45, 2.75) is 39.3 Å². The molecule has 3 N–H and O–H groups in total. The average Bonchev–Trinajstić information content (AvgIpc) is 2.90. The molecule has 2 aromatic rings. The number of hydrogen-bond acceptors (Lipinski definition) is 3. The molecule has 1 amide bonds. The summed E-state index contributed by atoms with van der Waals surface area (Å²) >= 11 is 0. The van der Waals surface area contributed by atoms with Gasteiger partial charge in [0.25, 0.3) is 11.5 Å². The third-order valence-corrected chi connectivity index (χ3v) is 3.32. The van der Waals surface area contributed by atoms with E-state index >= 15 is 0 Å². The number of rotatable bonds is 6. The zero-order valence-corrected chi connectivity index (χ0v) is 13.0. The van der Waals surface area contributed by atoms with Gasteiger partial charge in [-0.3, -0.25) is 14.7 Å². The van der Waals surface area contributed by atoms with Crippen LogP contribution in [-0.4, -0.2) is 22.2 Å². The Kier molecular flexibility index (Phi) is 5.04. The molecule has 0 saturated carbocycles. The highest BCUT2D eigenvalue weighted by Gasteiger charge is 2.17. The van der Waals surface area contributed by atoms with Crippen LogP contribution in [-0.2, 0) is 11.3 Å². The van der Waals surface area contributed by atoms with Gasteiger partial charge in [0.05, 0.1) is 12.2 Å². The van der Waals surface area contributed by atoms with Crippen LogP contribution >= 0.6 is 0 Å². The second-order valence-corrected chi connectivity index (χ2v) is 5.45. The second-order valence-electron chi connectivity index (χ2n) is 5.45. The van der Waals surface area contributed by atoms with Crippen LogP contribution in [0.2, 0.25) is 0 Å². The number of para-hydroxylation sites is 1. The molecule has 0 bridgehead atoms. The van der Waals surface area contributed by atoms with Crippen molar-refractivity contribution in [3.63, 3.8) is 0 Å². The van der Waals surface area contributed by atoms with Crippen LogP contribution in [0, 0.1) is 0 Å². The number of amides is 1. The van der Waals surface area contributed by atoms with Gasteiger partial charge in [-0.15, -0.1) is 0 Å². The molecule has 0 fully saturated rings. The van der Waals surface area contributed by atoms with Gasteiger partial charge in [0.1, 0.15) is 5.75 Å². The Balaban J connectivity index is 1.95. The van der Waals surface area contributed by atoms with E-state index in [1.165, 1.54) is 6.07 Å². The van der Waals surface area contributed by atoms with Crippen LogP contribution < -0.4 is 15.6 Å². The Morgan fingerprint density at radius 3 is 2.59 bits per heavy atom. The molecule has 6 nitrogen and oxygen atoms in total. The van der Waals surface area contributed by atoms with Gasteiger partial charge in [-0.1, -0.05) is 32.0 Å². The number of carbonyl (C=O) groups excluding carboxylic acids is 1. The molecule has 0 aliphatic rings. The lowest BCUT2D eigenvalue weighted by atomic mass is 10.0. The molecule has 1 atom stereocenters. The van der Waals surface area contributed by atoms with Gasteiger partial charge < -0.3 is 15.2 Å². The first-order valence-corrected chi connectivity index (χ1v) is 7.27. The summed E-state index contributed by atoms with van der Waals surface area (Å²) in [6.07, 6.45) is -0.620. The maximum atomic E-state index is 12.1. The van der Waals surface area contributed by atoms with E-state index in [0.717, 1.165) is 11.3 Å². The lowest BCUT2D eigenvalue weighted by molar-refractivity contribution is -0.127. The zero-order valence-electron chi connectivity index (χ0n) is 13.0. The summed E-state index contributed by atoms with van der Waals surface area (Å²) in [6, 6.07) is 9.10. The van der Waals surface area contributed by atoms with Crippen LogP contribution in [0.4, 0.5) is 0 Å². The number of H-pyrrole nitrogens is 2. The summed E-state index contributed by atoms with van der Waals surface area (Å²) in [5.41, 5.74) is 1.46. The first-order chi connectivity index (χ1) is 10.5. The van der Waals surface area contributed by atoms with E-state index in [4.69, 9.17) is 4.74 Å². The number of aromatic nitrogens is 2. The molecule has 1 heterocycles. The molecular formula is C16H21N3O3. The molecule has 0 aliphatic carbocycles. The minimum atomic E-state index is -0.620. The summed E-state index contributed by atoms with van der Waals surface area (Å²) in [5.74, 6) is 0.798. The van der Waals surface area contributed by atoms with Crippen molar-refractivity contribution >= 4 is 5.91 Å². The number of ether oxygens (including phenoxy) is 1. The molecule has 1 aromatic heterocycles. The van der Waals surface area contributed by atoms with Crippen molar-refractivity contribution in [2.75, 3.05) is 0 Å².